The minimum absolute atomic E-state index is 0.247. The van der Waals surface area contributed by atoms with Gasteiger partial charge in [0.15, 0.2) is 0 Å². The lowest BCUT2D eigenvalue weighted by atomic mass is 10.0. The molecular formula is C14H14Br2ClNS. The van der Waals surface area contributed by atoms with Gasteiger partial charge in [0.1, 0.15) is 0 Å². The molecule has 0 saturated carbocycles. The maximum Gasteiger partial charge on any atom is 0.0758 e. The van der Waals surface area contributed by atoms with Crippen molar-refractivity contribution in [1.29, 1.82) is 0 Å². The van der Waals surface area contributed by atoms with Crippen molar-refractivity contribution in [1.82, 2.24) is 5.32 Å². The van der Waals surface area contributed by atoms with E-state index in [0.717, 1.165) is 19.0 Å². The minimum atomic E-state index is 0.247. The SMILES string of the molecule is CNC(Cc1ccc(C)cc1Cl)c1cc(Br)sc1Br. The number of rotatable bonds is 4. The summed E-state index contributed by atoms with van der Waals surface area (Å²) in [4.78, 5) is 0. The first-order valence-corrected chi connectivity index (χ1v) is 8.66. The highest BCUT2D eigenvalue weighted by Crippen LogP contribution is 2.37. The number of nitrogens with one attached hydrogen (secondary N) is 1. The quantitative estimate of drug-likeness (QED) is 0.661. The fraction of sp³-hybridized carbons (Fsp3) is 0.286. The van der Waals surface area contributed by atoms with Gasteiger partial charge in [-0.25, -0.2) is 0 Å². The molecule has 1 N–H and O–H groups in total. The number of halogens is 3. The zero-order valence-electron chi connectivity index (χ0n) is 10.6. The van der Waals surface area contributed by atoms with Crippen molar-refractivity contribution in [2.24, 2.45) is 0 Å². The molecule has 1 heterocycles. The van der Waals surface area contributed by atoms with Gasteiger partial charge in [-0.1, -0.05) is 23.7 Å². The van der Waals surface area contributed by atoms with E-state index in [2.05, 4.69) is 62.3 Å². The third-order valence-electron chi connectivity index (χ3n) is 3.04. The minimum Gasteiger partial charge on any atom is -0.313 e. The van der Waals surface area contributed by atoms with Crippen LogP contribution < -0.4 is 5.32 Å². The molecule has 5 heteroatoms. The maximum absolute atomic E-state index is 6.32. The summed E-state index contributed by atoms with van der Waals surface area (Å²) >= 11 is 15.1. The van der Waals surface area contributed by atoms with Crippen LogP contribution in [0.4, 0.5) is 0 Å². The third kappa shape index (κ3) is 3.82. The van der Waals surface area contributed by atoms with Crippen molar-refractivity contribution in [3.05, 3.63) is 53.6 Å². The monoisotopic (exact) mass is 421 g/mol. The lowest BCUT2D eigenvalue weighted by molar-refractivity contribution is 0.592. The molecule has 1 nitrogen and oxygen atoms in total. The first-order chi connectivity index (χ1) is 9.01. The van der Waals surface area contributed by atoms with Crippen molar-refractivity contribution in [2.45, 2.75) is 19.4 Å². The maximum atomic E-state index is 6.32. The second-order valence-electron chi connectivity index (χ2n) is 4.42. The van der Waals surface area contributed by atoms with E-state index < -0.39 is 0 Å². The number of thiophene rings is 1. The van der Waals surface area contributed by atoms with E-state index in [-0.39, 0.29) is 6.04 Å². The first kappa shape index (κ1) is 15.5. The van der Waals surface area contributed by atoms with Gasteiger partial charge in [0.25, 0.3) is 0 Å². The summed E-state index contributed by atoms with van der Waals surface area (Å²) in [5.41, 5.74) is 3.62. The molecule has 19 heavy (non-hydrogen) atoms. The zero-order chi connectivity index (χ0) is 14.0. The highest BCUT2D eigenvalue weighted by Gasteiger charge is 2.17. The van der Waals surface area contributed by atoms with Crippen LogP contribution >= 0.6 is 54.8 Å². The van der Waals surface area contributed by atoms with Crippen molar-refractivity contribution in [3.63, 3.8) is 0 Å². The van der Waals surface area contributed by atoms with E-state index in [4.69, 9.17) is 11.6 Å². The number of benzene rings is 1. The Morgan fingerprint density at radius 2 is 2.05 bits per heavy atom. The van der Waals surface area contributed by atoms with Gasteiger partial charge in [-0.05, 0) is 81.1 Å². The van der Waals surface area contributed by atoms with Crippen LogP contribution in [0.15, 0.2) is 31.8 Å². The van der Waals surface area contributed by atoms with Gasteiger partial charge >= 0.3 is 0 Å². The largest absolute Gasteiger partial charge is 0.313 e. The van der Waals surface area contributed by atoms with Crippen LogP contribution in [0.25, 0.3) is 0 Å². The van der Waals surface area contributed by atoms with E-state index in [0.29, 0.717) is 0 Å². The fourth-order valence-electron chi connectivity index (χ4n) is 2.00. The van der Waals surface area contributed by atoms with E-state index in [9.17, 15) is 0 Å². The predicted molar refractivity (Wildman–Crippen MR) is 91.4 cm³/mol. The molecule has 1 atom stereocenters. The predicted octanol–water partition coefficient (Wildman–Crippen LogP) is 5.74. The second kappa shape index (κ2) is 6.72. The Balaban J connectivity index is 2.26. The summed E-state index contributed by atoms with van der Waals surface area (Å²) in [6.45, 7) is 2.05. The van der Waals surface area contributed by atoms with Gasteiger partial charge in [-0.15, -0.1) is 11.3 Å². The molecule has 0 amide bonds. The lowest BCUT2D eigenvalue weighted by Crippen LogP contribution is -2.18. The highest BCUT2D eigenvalue weighted by atomic mass is 79.9. The Bertz CT molecular complexity index is 583. The van der Waals surface area contributed by atoms with Crippen LogP contribution in [0.3, 0.4) is 0 Å². The van der Waals surface area contributed by atoms with Crippen LogP contribution in [-0.4, -0.2) is 7.05 Å². The van der Waals surface area contributed by atoms with Gasteiger partial charge in [0, 0.05) is 11.1 Å². The van der Waals surface area contributed by atoms with Crippen LogP contribution in [-0.2, 0) is 6.42 Å². The molecule has 0 aliphatic carbocycles. The molecule has 0 saturated heterocycles. The molecule has 0 bridgehead atoms. The van der Waals surface area contributed by atoms with E-state index in [1.54, 1.807) is 11.3 Å². The van der Waals surface area contributed by atoms with Crippen LogP contribution in [0, 0.1) is 6.92 Å². The number of hydrogen-bond donors (Lipinski definition) is 1. The Morgan fingerprint density at radius 1 is 1.32 bits per heavy atom. The number of likely N-dealkylation sites (N-methyl/N-ethyl adjacent to an activating group) is 1. The molecule has 0 spiro atoms. The summed E-state index contributed by atoms with van der Waals surface area (Å²) in [5.74, 6) is 0. The van der Waals surface area contributed by atoms with Gasteiger partial charge < -0.3 is 5.32 Å². The average molecular weight is 424 g/mol. The summed E-state index contributed by atoms with van der Waals surface area (Å²) in [6, 6.07) is 8.63. The topological polar surface area (TPSA) is 12.0 Å². The summed E-state index contributed by atoms with van der Waals surface area (Å²) in [6.07, 6.45) is 0.872. The van der Waals surface area contributed by atoms with Crippen molar-refractivity contribution < 1.29 is 0 Å². The number of hydrogen-bond acceptors (Lipinski definition) is 2. The molecule has 0 fully saturated rings. The third-order valence-corrected chi connectivity index (χ3v) is 5.78. The Labute approximate surface area is 139 Å². The van der Waals surface area contributed by atoms with Crippen LogP contribution in [0.5, 0.6) is 0 Å². The van der Waals surface area contributed by atoms with Gasteiger partial charge in [-0.2, -0.15) is 0 Å². The lowest BCUT2D eigenvalue weighted by Gasteiger charge is -2.17. The van der Waals surface area contributed by atoms with Gasteiger partial charge in [0.2, 0.25) is 0 Å². The van der Waals surface area contributed by atoms with Gasteiger partial charge in [0.05, 0.1) is 7.57 Å². The normalized spacial score (nSPS) is 12.7. The van der Waals surface area contributed by atoms with Crippen LogP contribution in [0.2, 0.25) is 5.02 Å². The van der Waals surface area contributed by atoms with Crippen LogP contribution in [0.1, 0.15) is 22.7 Å². The van der Waals surface area contributed by atoms with E-state index in [1.807, 2.05) is 13.1 Å². The molecule has 102 valence electrons. The van der Waals surface area contributed by atoms with E-state index >= 15 is 0 Å². The smallest absolute Gasteiger partial charge is 0.0758 e. The molecule has 2 rings (SSSR count). The summed E-state index contributed by atoms with van der Waals surface area (Å²) < 4.78 is 2.28. The molecule has 1 aromatic heterocycles. The Morgan fingerprint density at radius 3 is 2.58 bits per heavy atom. The zero-order valence-corrected chi connectivity index (χ0v) is 15.4. The molecule has 0 aliphatic heterocycles. The molecule has 1 aromatic carbocycles. The summed E-state index contributed by atoms with van der Waals surface area (Å²) in [5, 5.41) is 4.20. The average Bonchev–Trinajstić information content (AvgIpc) is 2.68. The molecule has 2 aromatic rings. The molecule has 0 radical (unpaired) electrons. The highest BCUT2D eigenvalue weighted by molar-refractivity contribution is 9.12. The van der Waals surface area contributed by atoms with E-state index in [1.165, 1.54) is 16.7 Å². The first-order valence-electron chi connectivity index (χ1n) is 5.88. The van der Waals surface area contributed by atoms with Crippen molar-refractivity contribution >= 4 is 54.8 Å². The van der Waals surface area contributed by atoms with Gasteiger partial charge in [-0.3, -0.25) is 0 Å². The standard InChI is InChI=1S/C14H14Br2ClNS/c1-8-3-4-9(11(17)5-8)6-12(18-2)10-7-13(15)19-14(10)16/h3-5,7,12,18H,6H2,1-2H3. The summed E-state index contributed by atoms with van der Waals surface area (Å²) in [7, 11) is 1.98. The van der Waals surface area contributed by atoms with Crippen molar-refractivity contribution in [3.8, 4) is 0 Å². The molecular weight excluding hydrogens is 409 g/mol. The second-order valence-corrected chi connectivity index (χ2v) is 8.58. The molecule has 1 unspecified atom stereocenters. The Hall–Kier alpha value is 0.130. The van der Waals surface area contributed by atoms with Crippen molar-refractivity contribution in [2.75, 3.05) is 7.05 Å². The fourth-order valence-corrected chi connectivity index (χ4v) is 5.28. The Kier molecular flexibility index (Phi) is 5.49. The molecule has 0 aliphatic rings. The number of aryl methyl sites for hydroxylation is 1.